The van der Waals surface area contributed by atoms with Crippen molar-refractivity contribution in [1.82, 2.24) is 4.90 Å². The summed E-state index contributed by atoms with van der Waals surface area (Å²) in [6.45, 7) is -1.13. The van der Waals surface area contributed by atoms with Crippen molar-refractivity contribution in [2.45, 2.75) is 26.0 Å². The Morgan fingerprint density at radius 1 is 1.42 bits per heavy atom. The van der Waals surface area contributed by atoms with E-state index < -0.39 is 6.61 Å². The highest BCUT2D eigenvalue weighted by Gasteiger charge is 2.17. The van der Waals surface area contributed by atoms with Crippen LogP contribution in [0, 0.1) is 11.3 Å². The normalized spacial score (nSPS) is 11.8. The number of nitrogens with zero attached hydrogens (tertiary/aromatic N) is 2. The molecule has 6 heteroatoms. The summed E-state index contributed by atoms with van der Waals surface area (Å²) in [5.74, 6) is -0.273. The van der Waals surface area contributed by atoms with Crippen LogP contribution in [0.25, 0.3) is 0 Å². The number of nitriles is 1. The van der Waals surface area contributed by atoms with E-state index in [9.17, 15) is 13.6 Å². The van der Waals surface area contributed by atoms with E-state index >= 15 is 0 Å². The molecule has 1 unspecified atom stereocenters. The lowest BCUT2D eigenvalue weighted by molar-refractivity contribution is -0.0498. The molecule has 19 heavy (non-hydrogen) atoms. The molecule has 1 atom stereocenters. The van der Waals surface area contributed by atoms with Gasteiger partial charge in [0.25, 0.3) is 5.91 Å². The Bertz CT molecular complexity index is 469. The first-order valence-corrected chi connectivity index (χ1v) is 5.64. The molecule has 0 aliphatic carbocycles. The van der Waals surface area contributed by atoms with Gasteiger partial charge in [-0.1, -0.05) is 0 Å². The molecular weight excluding hydrogens is 254 g/mol. The van der Waals surface area contributed by atoms with Gasteiger partial charge in [0.1, 0.15) is 5.75 Å². The largest absolute Gasteiger partial charge is 0.435 e. The summed E-state index contributed by atoms with van der Waals surface area (Å²) >= 11 is 0. The summed E-state index contributed by atoms with van der Waals surface area (Å²) in [6.07, 6.45) is 0.231. The maximum absolute atomic E-state index is 12.0. The third-order valence-corrected chi connectivity index (χ3v) is 2.69. The van der Waals surface area contributed by atoms with Crippen LogP contribution in [0.15, 0.2) is 24.3 Å². The van der Waals surface area contributed by atoms with Gasteiger partial charge in [0, 0.05) is 18.7 Å². The Kier molecular flexibility index (Phi) is 5.24. The molecule has 1 aromatic carbocycles. The molecule has 0 spiro atoms. The smallest absolute Gasteiger partial charge is 0.387 e. The zero-order chi connectivity index (χ0) is 14.4. The van der Waals surface area contributed by atoms with Crippen molar-refractivity contribution in [1.29, 1.82) is 5.26 Å². The Morgan fingerprint density at radius 3 is 2.47 bits per heavy atom. The number of benzene rings is 1. The SMILES string of the molecule is CC(CC#N)N(C)C(=O)c1ccc(OC(F)F)cc1. The molecule has 0 aliphatic rings. The van der Waals surface area contributed by atoms with Gasteiger partial charge in [-0.2, -0.15) is 14.0 Å². The van der Waals surface area contributed by atoms with Gasteiger partial charge in [-0.05, 0) is 31.2 Å². The third-order valence-electron chi connectivity index (χ3n) is 2.69. The van der Waals surface area contributed by atoms with E-state index in [4.69, 9.17) is 5.26 Å². The summed E-state index contributed by atoms with van der Waals surface area (Å²) in [4.78, 5) is 13.5. The monoisotopic (exact) mass is 268 g/mol. The number of amides is 1. The van der Waals surface area contributed by atoms with E-state index in [1.807, 2.05) is 6.07 Å². The highest BCUT2D eigenvalue weighted by Crippen LogP contribution is 2.16. The number of halogens is 2. The van der Waals surface area contributed by atoms with Crippen molar-refractivity contribution >= 4 is 5.91 Å². The number of carbonyl (C=O) groups excluding carboxylic acids is 1. The molecule has 0 aromatic heterocycles. The molecule has 0 aliphatic heterocycles. The fourth-order valence-corrected chi connectivity index (χ4v) is 1.45. The van der Waals surface area contributed by atoms with Crippen LogP contribution in [-0.2, 0) is 0 Å². The van der Waals surface area contributed by atoms with Crippen molar-refractivity contribution in [2.24, 2.45) is 0 Å². The maximum Gasteiger partial charge on any atom is 0.387 e. The molecule has 0 radical (unpaired) electrons. The van der Waals surface area contributed by atoms with Crippen molar-refractivity contribution in [2.75, 3.05) is 7.05 Å². The van der Waals surface area contributed by atoms with Crippen LogP contribution in [-0.4, -0.2) is 30.5 Å². The maximum atomic E-state index is 12.0. The first-order valence-electron chi connectivity index (χ1n) is 5.64. The second kappa shape index (κ2) is 6.69. The predicted octanol–water partition coefficient (Wildman–Crippen LogP) is 2.66. The van der Waals surface area contributed by atoms with Crippen LogP contribution < -0.4 is 4.74 Å². The van der Waals surface area contributed by atoms with Gasteiger partial charge in [0.2, 0.25) is 0 Å². The van der Waals surface area contributed by atoms with E-state index in [1.54, 1.807) is 14.0 Å². The van der Waals surface area contributed by atoms with Crippen molar-refractivity contribution in [3.63, 3.8) is 0 Å². The molecule has 1 aromatic rings. The van der Waals surface area contributed by atoms with Gasteiger partial charge in [-0.15, -0.1) is 0 Å². The Labute approximate surface area is 110 Å². The van der Waals surface area contributed by atoms with E-state index in [2.05, 4.69) is 4.74 Å². The summed E-state index contributed by atoms with van der Waals surface area (Å²) in [5, 5.41) is 8.58. The van der Waals surface area contributed by atoms with Crippen LogP contribution in [0.1, 0.15) is 23.7 Å². The number of ether oxygens (including phenoxy) is 1. The minimum atomic E-state index is -2.89. The lowest BCUT2D eigenvalue weighted by Crippen LogP contribution is -2.34. The van der Waals surface area contributed by atoms with Crippen LogP contribution in [0.2, 0.25) is 0 Å². The molecular formula is C13H14F2N2O2. The molecule has 1 amide bonds. The Hall–Kier alpha value is -2.16. The summed E-state index contributed by atoms with van der Waals surface area (Å²) in [6, 6.07) is 7.21. The van der Waals surface area contributed by atoms with Crippen LogP contribution in [0.4, 0.5) is 8.78 Å². The topological polar surface area (TPSA) is 53.3 Å². The van der Waals surface area contributed by atoms with Crippen LogP contribution in [0.3, 0.4) is 0 Å². The molecule has 0 fully saturated rings. The summed E-state index contributed by atoms with van der Waals surface area (Å²) in [7, 11) is 1.59. The van der Waals surface area contributed by atoms with Crippen molar-refractivity contribution < 1.29 is 18.3 Å². The number of carbonyl (C=O) groups is 1. The lowest BCUT2D eigenvalue weighted by Gasteiger charge is -2.23. The van der Waals surface area contributed by atoms with Gasteiger partial charge in [0.15, 0.2) is 0 Å². The van der Waals surface area contributed by atoms with Crippen molar-refractivity contribution in [3.05, 3.63) is 29.8 Å². The molecule has 0 N–H and O–H groups in total. The first kappa shape index (κ1) is 14.9. The van der Waals surface area contributed by atoms with Gasteiger partial charge in [0.05, 0.1) is 12.5 Å². The summed E-state index contributed by atoms with van der Waals surface area (Å²) < 4.78 is 28.1. The highest BCUT2D eigenvalue weighted by molar-refractivity contribution is 5.94. The zero-order valence-electron chi connectivity index (χ0n) is 10.6. The average Bonchev–Trinajstić information content (AvgIpc) is 2.37. The Morgan fingerprint density at radius 2 is 2.00 bits per heavy atom. The fourth-order valence-electron chi connectivity index (χ4n) is 1.45. The quantitative estimate of drug-likeness (QED) is 0.825. The second-order valence-corrected chi connectivity index (χ2v) is 4.03. The Balaban J connectivity index is 2.75. The van der Waals surface area contributed by atoms with E-state index in [-0.39, 0.29) is 24.1 Å². The minimum Gasteiger partial charge on any atom is -0.435 e. The van der Waals surface area contributed by atoms with Crippen molar-refractivity contribution in [3.8, 4) is 11.8 Å². The lowest BCUT2D eigenvalue weighted by atomic mass is 10.1. The first-order chi connectivity index (χ1) is 8.95. The van der Waals surface area contributed by atoms with Crippen LogP contribution >= 0.6 is 0 Å². The van der Waals surface area contributed by atoms with Gasteiger partial charge in [-0.25, -0.2) is 0 Å². The summed E-state index contributed by atoms with van der Waals surface area (Å²) in [5.41, 5.74) is 0.355. The number of hydrogen-bond donors (Lipinski definition) is 0. The molecule has 102 valence electrons. The number of alkyl halides is 2. The van der Waals surface area contributed by atoms with E-state index in [0.717, 1.165) is 0 Å². The van der Waals surface area contributed by atoms with Gasteiger partial charge >= 0.3 is 6.61 Å². The fraction of sp³-hybridized carbons (Fsp3) is 0.385. The van der Waals surface area contributed by atoms with Gasteiger partial charge < -0.3 is 9.64 Å². The van der Waals surface area contributed by atoms with E-state index in [0.29, 0.717) is 5.56 Å². The zero-order valence-corrected chi connectivity index (χ0v) is 10.6. The molecule has 1 rings (SSSR count). The van der Waals surface area contributed by atoms with Gasteiger partial charge in [-0.3, -0.25) is 4.79 Å². The number of hydrogen-bond acceptors (Lipinski definition) is 3. The van der Waals surface area contributed by atoms with Crippen LogP contribution in [0.5, 0.6) is 5.75 Å². The number of rotatable bonds is 5. The standard InChI is InChI=1S/C13H14F2N2O2/c1-9(7-8-16)17(2)12(18)10-3-5-11(6-4-10)19-13(14)15/h3-6,9,13H,7H2,1-2H3. The molecule has 0 heterocycles. The average molecular weight is 268 g/mol. The molecule has 0 saturated carbocycles. The molecule has 0 saturated heterocycles. The highest BCUT2D eigenvalue weighted by atomic mass is 19.3. The van der Waals surface area contributed by atoms with E-state index in [1.165, 1.54) is 29.2 Å². The predicted molar refractivity (Wildman–Crippen MR) is 64.9 cm³/mol. The third kappa shape index (κ3) is 4.21. The second-order valence-electron chi connectivity index (χ2n) is 4.03. The molecule has 4 nitrogen and oxygen atoms in total. The molecule has 0 bridgehead atoms. The minimum absolute atomic E-state index is 0.000670.